The summed E-state index contributed by atoms with van der Waals surface area (Å²) in [6.45, 7) is 2.19. The minimum absolute atomic E-state index is 0.367. The number of carbonyl (C=O) groups excluding carboxylic acids is 2. The SMILES string of the molecule is COC(=O)COC(=O)c1ccc(NC=C2COC=C(C)C2)cc1. The molecular formula is C17H19NO5. The molecule has 1 aliphatic heterocycles. The maximum atomic E-state index is 11.7. The van der Waals surface area contributed by atoms with Gasteiger partial charge in [-0.05, 0) is 48.8 Å². The largest absolute Gasteiger partial charge is 0.497 e. The molecule has 0 spiro atoms. The molecule has 23 heavy (non-hydrogen) atoms. The summed E-state index contributed by atoms with van der Waals surface area (Å²) in [5, 5.41) is 3.16. The molecule has 6 heteroatoms. The predicted octanol–water partition coefficient (Wildman–Crippen LogP) is 2.64. The van der Waals surface area contributed by atoms with Crippen molar-refractivity contribution in [1.82, 2.24) is 0 Å². The van der Waals surface area contributed by atoms with Crippen LogP contribution >= 0.6 is 0 Å². The fourth-order valence-corrected chi connectivity index (χ4v) is 1.99. The van der Waals surface area contributed by atoms with Crippen molar-refractivity contribution in [3.8, 4) is 0 Å². The van der Waals surface area contributed by atoms with Crippen LogP contribution in [0.1, 0.15) is 23.7 Å². The van der Waals surface area contributed by atoms with Crippen molar-refractivity contribution in [2.24, 2.45) is 0 Å². The van der Waals surface area contributed by atoms with Gasteiger partial charge in [-0.1, -0.05) is 0 Å². The van der Waals surface area contributed by atoms with Gasteiger partial charge in [-0.2, -0.15) is 0 Å². The van der Waals surface area contributed by atoms with E-state index in [-0.39, 0.29) is 0 Å². The Morgan fingerprint density at radius 3 is 2.70 bits per heavy atom. The van der Waals surface area contributed by atoms with Crippen molar-refractivity contribution in [3.05, 3.63) is 53.4 Å². The van der Waals surface area contributed by atoms with Gasteiger partial charge in [0.15, 0.2) is 6.61 Å². The maximum absolute atomic E-state index is 11.7. The second kappa shape index (κ2) is 8.03. The first-order chi connectivity index (χ1) is 11.1. The molecule has 0 saturated carbocycles. The van der Waals surface area contributed by atoms with Crippen LogP contribution in [-0.4, -0.2) is 32.3 Å². The Balaban J connectivity index is 1.89. The zero-order chi connectivity index (χ0) is 16.7. The van der Waals surface area contributed by atoms with Crippen LogP contribution in [0.4, 0.5) is 5.69 Å². The highest BCUT2D eigenvalue weighted by Gasteiger charge is 2.10. The Labute approximate surface area is 134 Å². The first-order valence-electron chi connectivity index (χ1n) is 7.14. The molecule has 1 N–H and O–H groups in total. The Hall–Kier alpha value is -2.76. The van der Waals surface area contributed by atoms with Crippen molar-refractivity contribution in [2.75, 3.05) is 25.6 Å². The fraction of sp³-hybridized carbons (Fsp3) is 0.294. The van der Waals surface area contributed by atoms with Gasteiger partial charge in [0.25, 0.3) is 0 Å². The molecule has 6 nitrogen and oxygen atoms in total. The highest BCUT2D eigenvalue weighted by Crippen LogP contribution is 2.17. The van der Waals surface area contributed by atoms with Gasteiger partial charge in [0.05, 0.1) is 18.9 Å². The van der Waals surface area contributed by atoms with E-state index < -0.39 is 18.5 Å². The molecule has 1 heterocycles. The highest BCUT2D eigenvalue weighted by molar-refractivity contribution is 5.91. The number of rotatable bonds is 5. The molecule has 0 saturated heterocycles. The molecule has 0 atom stereocenters. The molecule has 0 fully saturated rings. The topological polar surface area (TPSA) is 73.9 Å². The molecule has 1 aromatic rings. The summed E-state index contributed by atoms with van der Waals surface area (Å²) in [6, 6.07) is 6.78. The van der Waals surface area contributed by atoms with E-state index in [1.165, 1.54) is 12.7 Å². The van der Waals surface area contributed by atoms with Crippen LogP contribution in [0.2, 0.25) is 0 Å². The summed E-state index contributed by atoms with van der Waals surface area (Å²) in [6.07, 6.45) is 4.55. The van der Waals surface area contributed by atoms with Crippen LogP contribution in [-0.2, 0) is 19.0 Å². The van der Waals surface area contributed by atoms with E-state index in [1.807, 2.05) is 13.1 Å². The first-order valence-corrected chi connectivity index (χ1v) is 7.14. The van der Waals surface area contributed by atoms with Gasteiger partial charge in [0.2, 0.25) is 0 Å². The maximum Gasteiger partial charge on any atom is 0.344 e. The van der Waals surface area contributed by atoms with Crippen LogP contribution in [0.5, 0.6) is 0 Å². The van der Waals surface area contributed by atoms with E-state index in [9.17, 15) is 9.59 Å². The van der Waals surface area contributed by atoms with Crippen LogP contribution < -0.4 is 5.32 Å². The van der Waals surface area contributed by atoms with Gasteiger partial charge in [-0.3, -0.25) is 0 Å². The quantitative estimate of drug-likeness (QED) is 0.842. The van der Waals surface area contributed by atoms with Gasteiger partial charge in [0, 0.05) is 11.9 Å². The summed E-state index contributed by atoms with van der Waals surface area (Å²) >= 11 is 0. The van der Waals surface area contributed by atoms with E-state index in [4.69, 9.17) is 9.47 Å². The summed E-state index contributed by atoms with van der Waals surface area (Å²) in [5.41, 5.74) is 3.53. The monoisotopic (exact) mass is 317 g/mol. The lowest BCUT2D eigenvalue weighted by atomic mass is 10.1. The van der Waals surface area contributed by atoms with Gasteiger partial charge in [0.1, 0.15) is 6.61 Å². The number of anilines is 1. The number of ether oxygens (including phenoxy) is 3. The lowest BCUT2D eigenvalue weighted by molar-refractivity contribution is -0.144. The zero-order valence-electron chi connectivity index (χ0n) is 13.1. The van der Waals surface area contributed by atoms with Gasteiger partial charge in [-0.25, -0.2) is 9.59 Å². The first kappa shape index (κ1) is 16.6. The van der Waals surface area contributed by atoms with Gasteiger partial charge in [-0.15, -0.1) is 0 Å². The lowest BCUT2D eigenvalue weighted by Crippen LogP contribution is -2.15. The summed E-state index contributed by atoms with van der Waals surface area (Å²) in [5.74, 6) is -1.16. The third-order valence-electron chi connectivity index (χ3n) is 3.17. The van der Waals surface area contributed by atoms with Gasteiger partial charge >= 0.3 is 11.9 Å². The minimum atomic E-state index is -0.595. The Morgan fingerprint density at radius 1 is 1.30 bits per heavy atom. The molecule has 0 radical (unpaired) electrons. The third kappa shape index (κ3) is 5.18. The second-order valence-electron chi connectivity index (χ2n) is 5.13. The standard InChI is InChI=1S/C17H19NO5/c1-12-7-13(10-22-9-12)8-18-15-5-3-14(4-6-15)17(20)23-11-16(19)21-2/h3-6,8-9,18H,7,10-11H2,1-2H3. The van der Waals surface area contributed by atoms with Crippen molar-refractivity contribution in [3.63, 3.8) is 0 Å². The van der Waals surface area contributed by atoms with E-state index in [0.717, 1.165) is 17.7 Å². The summed E-state index contributed by atoms with van der Waals surface area (Å²) < 4.78 is 14.5. The Kier molecular flexibility index (Phi) is 5.80. The summed E-state index contributed by atoms with van der Waals surface area (Å²) in [7, 11) is 1.24. The van der Waals surface area contributed by atoms with Crippen molar-refractivity contribution in [2.45, 2.75) is 13.3 Å². The molecular weight excluding hydrogens is 298 g/mol. The molecule has 2 rings (SSSR count). The number of methoxy groups -OCH3 is 1. The molecule has 122 valence electrons. The number of benzene rings is 1. The van der Waals surface area contributed by atoms with E-state index >= 15 is 0 Å². The smallest absolute Gasteiger partial charge is 0.344 e. The number of carbonyl (C=O) groups is 2. The minimum Gasteiger partial charge on any atom is -0.497 e. The third-order valence-corrected chi connectivity index (χ3v) is 3.17. The number of hydrogen-bond acceptors (Lipinski definition) is 6. The molecule has 0 amide bonds. The molecule has 0 aromatic heterocycles. The molecule has 0 aliphatic carbocycles. The van der Waals surface area contributed by atoms with E-state index in [2.05, 4.69) is 10.1 Å². The van der Waals surface area contributed by atoms with E-state index in [0.29, 0.717) is 12.2 Å². The molecule has 1 aliphatic rings. The molecule has 0 bridgehead atoms. The number of hydrogen-bond donors (Lipinski definition) is 1. The normalized spacial score (nSPS) is 15.4. The lowest BCUT2D eigenvalue weighted by Gasteiger charge is -2.14. The number of allylic oxidation sites excluding steroid dienone is 1. The fourth-order valence-electron chi connectivity index (χ4n) is 1.99. The predicted molar refractivity (Wildman–Crippen MR) is 84.8 cm³/mol. The Bertz CT molecular complexity index is 631. The highest BCUT2D eigenvalue weighted by atomic mass is 16.6. The Morgan fingerprint density at radius 2 is 2.04 bits per heavy atom. The van der Waals surface area contributed by atoms with Gasteiger partial charge < -0.3 is 19.5 Å². The summed E-state index contributed by atoms with van der Waals surface area (Å²) in [4.78, 5) is 22.7. The van der Waals surface area contributed by atoms with Crippen molar-refractivity contribution < 1.29 is 23.8 Å². The van der Waals surface area contributed by atoms with Crippen LogP contribution in [0.15, 0.2) is 47.9 Å². The zero-order valence-corrected chi connectivity index (χ0v) is 13.1. The van der Waals surface area contributed by atoms with E-state index in [1.54, 1.807) is 30.5 Å². The second-order valence-corrected chi connectivity index (χ2v) is 5.13. The average Bonchev–Trinajstić information content (AvgIpc) is 2.58. The number of nitrogens with one attached hydrogen (secondary N) is 1. The van der Waals surface area contributed by atoms with Crippen LogP contribution in [0.3, 0.4) is 0 Å². The average molecular weight is 317 g/mol. The molecule has 0 unspecified atom stereocenters. The van der Waals surface area contributed by atoms with Crippen molar-refractivity contribution in [1.29, 1.82) is 0 Å². The molecule has 1 aromatic carbocycles. The van der Waals surface area contributed by atoms with Crippen LogP contribution in [0.25, 0.3) is 0 Å². The number of esters is 2. The van der Waals surface area contributed by atoms with Crippen LogP contribution in [0, 0.1) is 0 Å². The van der Waals surface area contributed by atoms with Crippen molar-refractivity contribution >= 4 is 17.6 Å².